The highest BCUT2D eigenvalue weighted by Gasteiger charge is 2.60. The van der Waals surface area contributed by atoms with Gasteiger partial charge in [0.15, 0.2) is 30.1 Å². The Morgan fingerprint density at radius 1 is 1.03 bits per heavy atom. The Balaban J connectivity index is 1.56. The molecule has 3 aliphatic heterocycles. The van der Waals surface area contributed by atoms with Crippen LogP contribution in [0.15, 0.2) is 30.3 Å². The largest absolute Gasteiger partial charge is 0.455 e. The average molecular weight is 436 g/mol. The molecular weight excluding hydrogens is 402 g/mol. The Morgan fingerprint density at radius 2 is 1.74 bits per heavy atom. The molecule has 0 spiro atoms. The lowest BCUT2D eigenvalue weighted by Gasteiger charge is -2.30. The number of benzene rings is 1. The molecule has 0 bridgehead atoms. The van der Waals surface area contributed by atoms with Gasteiger partial charge in [-0.3, -0.25) is 5.32 Å². The second kappa shape index (κ2) is 8.42. The summed E-state index contributed by atoms with van der Waals surface area (Å²) in [7, 11) is 0. The zero-order valence-electron chi connectivity index (χ0n) is 19.0. The molecule has 0 radical (unpaired) electrons. The lowest BCUT2D eigenvalue weighted by molar-refractivity contribution is -0.235. The molecule has 8 nitrogen and oxygen atoms in total. The van der Waals surface area contributed by atoms with Crippen LogP contribution in [-0.2, 0) is 33.2 Å². The summed E-state index contributed by atoms with van der Waals surface area (Å²) in [6, 6.07) is 8.99. The van der Waals surface area contributed by atoms with Gasteiger partial charge in [0.25, 0.3) is 0 Å². The molecule has 4 rings (SSSR count). The fourth-order valence-corrected chi connectivity index (χ4v) is 4.30. The first kappa shape index (κ1) is 22.6. The summed E-state index contributed by atoms with van der Waals surface area (Å²) in [5, 5.41) is 3.30. The van der Waals surface area contributed by atoms with E-state index in [4.69, 9.17) is 28.4 Å². The molecule has 0 saturated carbocycles. The normalized spacial score (nSPS) is 34.6. The van der Waals surface area contributed by atoms with E-state index in [1.165, 1.54) is 0 Å². The van der Waals surface area contributed by atoms with Crippen molar-refractivity contribution in [1.82, 2.24) is 5.32 Å². The topological polar surface area (TPSA) is 84.5 Å². The van der Waals surface area contributed by atoms with Crippen LogP contribution in [-0.4, -0.2) is 60.9 Å². The van der Waals surface area contributed by atoms with Crippen molar-refractivity contribution in [1.29, 1.82) is 0 Å². The van der Waals surface area contributed by atoms with Gasteiger partial charge in [-0.25, -0.2) is 4.79 Å². The van der Waals surface area contributed by atoms with Crippen molar-refractivity contribution in [2.24, 2.45) is 0 Å². The molecule has 6 atom stereocenters. The fourth-order valence-electron chi connectivity index (χ4n) is 4.30. The molecule has 3 fully saturated rings. The highest BCUT2D eigenvalue weighted by molar-refractivity contribution is 5.78. The number of carbonyl (C=O) groups is 1. The van der Waals surface area contributed by atoms with Gasteiger partial charge in [-0.1, -0.05) is 30.3 Å². The molecule has 3 heterocycles. The summed E-state index contributed by atoms with van der Waals surface area (Å²) >= 11 is 0. The Morgan fingerprint density at radius 3 is 2.35 bits per heavy atom. The maximum absolute atomic E-state index is 13.4. The van der Waals surface area contributed by atoms with E-state index in [1.54, 1.807) is 0 Å². The molecule has 1 N–H and O–H groups in total. The van der Waals surface area contributed by atoms with Gasteiger partial charge in [0.05, 0.1) is 6.61 Å². The summed E-state index contributed by atoms with van der Waals surface area (Å²) in [6.07, 6.45) is -2.85. The van der Waals surface area contributed by atoms with Crippen LogP contribution < -0.4 is 5.32 Å². The van der Waals surface area contributed by atoms with Crippen LogP contribution in [0.2, 0.25) is 0 Å². The molecule has 172 valence electrons. The first-order valence-electron chi connectivity index (χ1n) is 10.9. The minimum Gasteiger partial charge on any atom is -0.455 e. The number of hydrogen-bond donors (Lipinski definition) is 1. The molecule has 31 heavy (non-hydrogen) atoms. The number of nitrogens with one attached hydrogen (secondary N) is 1. The number of fused-ring (bicyclic) bond motifs is 1. The number of carbonyl (C=O) groups excluding carboxylic acids is 1. The molecule has 0 amide bonds. The van der Waals surface area contributed by atoms with E-state index in [0.717, 1.165) is 5.56 Å². The molecule has 0 aromatic heterocycles. The second-order valence-corrected chi connectivity index (χ2v) is 9.50. The van der Waals surface area contributed by atoms with Crippen molar-refractivity contribution in [3.05, 3.63) is 35.9 Å². The number of ether oxygens (including phenoxy) is 6. The van der Waals surface area contributed by atoms with E-state index in [2.05, 4.69) is 5.32 Å². The smallest absolute Gasteiger partial charge is 0.328 e. The number of hydrogen-bond acceptors (Lipinski definition) is 8. The molecule has 0 unspecified atom stereocenters. The maximum atomic E-state index is 13.4. The average Bonchev–Trinajstić information content (AvgIpc) is 3.30. The van der Waals surface area contributed by atoms with Crippen LogP contribution >= 0.6 is 0 Å². The van der Waals surface area contributed by atoms with E-state index in [0.29, 0.717) is 6.61 Å². The first-order valence-corrected chi connectivity index (χ1v) is 10.9. The SMILES string of the molecule is CC(C)N[C@H](C(=O)O[C@@H]1[C@H]2OC(C)(C)O[C@H]2O[C@@H]1[C@H]1COC(C)(C)O1)c1ccccc1. The van der Waals surface area contributed by atoms with Gasteiger partial charge < -0.3 is 28.4 Å². The van der Waals surface area contributed by atoms with Crippen molar-refractivity contribution >= 4 is 5.97 Å². The summed E-state index contributed by atoms with van der Waals surface area (Å²) in [5.41, 5.74) is 0.832. The standard InChI is InChI=1S/C23H33NO7/c1-13(2)24-16(14-10-8-7-9-11-14)20(25)27-18-17(15-12-26-22(3,4)29-15)28-21-19(18)30-23(5,6)31-21/h7-11,13,15-19,21,24H,12H2,1-6H3/t15-,16+,17-,18+,19-,21-/m1/s1. The minimum atomic E-state index is -0.827. The Kier molecular flexibility index (Phi) is 6.15. The summed E-state index contributed by atoms with van der Waals surface area (Å²) in [5.74, 6) is -1.95. The van der Waals surface area contributed by atoms with Crippen LogP contribution in [0.5, 0.6) is 0 Å². The zero-order valence-corrected chi connectivity index (χ0v) is 19.0. The van der Waals surface area contributed by atoms with Gasteiger partial charge in [0.2, 0.25) is 0 Å². The third-order valence-corrected chi connectivity index (χ3v) is 5.54. The van der Waals surface area contributed by atoms with E-state index in [-0.39, 0.29) is 6.04 Å². The molecule has 3 aliphatic rings. The van der Waals surface area contributed by atoms with Gasteiger partial charge in [0, 0.05) is 6.04 Å². The van der Waals surface area contributed by atoms with Gasteiger partial charge in [-0.2, -0.15) is 0 Å². The van der Waals surface area contributed by atoms with Crippen LogP contribution in [0, 0.1) is 0 Å². The highest BCUT2D eigenvalue weighted by Crippen LogP contribution is 2.42. The van der Waals surface area contributed by atoms with Crippen LogP contribution in [0.25, 0.3) is 0 Å². The van der Waals surface area contributed by atoms with Gasteiger partial charge in [-0.15, -0.1) is 0 Å². The van der Waals surface area contributed by atoms with Gasteiger partial charge in [-0.05, 0) is 47.1 Å². The third-order valence-electron chi connectivity index (χ3n) is 5.54. The van der Waals surface area contributed by atoms with E-state index < -0.39 is 54.3 Å². The van der Waals surface area contributed by atoms with Gasteiger partial charge >= 0.3 is 5.97 Å². The van der Waals surface area contributed by atoms with E-state index in [9.17, 15) is 4.79 Å². The van der Waals surface area contributed by atoms with Crippen molar-refractivity contribution in [3.8, 4) is 0 Å². The van der Waals surface area contributed by atoms with Crippen molar-refractivity contribution in [3.63, 3.8) is 0 Å². The number of esters is 1. The quantitative estimate of drug-likeness (QED) is 0.683. The summed E-state index contributed by atoms with van der Waals surface area (Å²) in [6.45, 7) is 11.6. The lowest BCUT2D eigenvalue weighted by Crippen LogP contribution is -2.47. The van der Waals surface area contributed by atoms with Crippen molar-refractivity contribution in [2.45, 2.75) is 95.9 Å². The van der Waals surface area contributed by atoms with E-state index >= 15 is 0 Å². The first-order chi connectivity index (χ1) is 14.5. The molecule has 8 heteroatoms. The highest BCUT2D eigenvalue weighted by atomic mass is 16.8. The second-order valence-electron chi connectivity index (χ2n) is 9.50. The summed E-state index contributed by atoms with van der Waals surface area (Å²) < 4.78 is 35.9. The third kappa shape index (κ3) is 4.94. The molecule has 1 aromatic rings. The summed E-state index contributed by atoms with van der Waals surface area (Å²) in [4.78, 5) is 13.4. The maximum Gasteiger partial charge on any atom is 0.328 e. The molecule has 3 saturated heterocycles. The van der Waals surface area contributed by atoms with E-state index in [1.807, 2.05) is 71.9 Å². The Labute approximate surface area is 183 Å². The number of rotatable bonds is 6. The predicted molar refractivity (Wildman–Crippen MR) is 111 cm³/mol. The predicted octanol–water partition coefficient (Wildman–Crippen LogP) is 2.67. The zero-order chi connectivity index (χ0) is 22.4. The van der Waals surface area contributed by atoms with Crippen LogP contribution in [0.1, 0.15) is 53.1 Å². The fraction of sp³-hybridized carbons (Fsp3) is 0.696. The van der Waals surface area contributed by atoms with Crippen LogP contribution in [0.3, 0.4) is 0 Å². The minimum absolute atomic E-state index is 0.0819. The monoisotopic (exact) mass is 435 g/mol. The van der Waals surface area contributed by atoms with Crippen molar-refractivity contribution < 1.29 is 33.2 Å². The Bertz CT molecular complexity index is 781. The molecule has 0 aliphatic carbocycles. The Hall–Kier alpha value is -1.55. The lowest BCUT2D eigenvalue weighted by atomic mass is 10.0. The molecular formula is C23H33NO7. The van der Waals surface area contributed by atoms with Gasteiger partial charge in [0.1, 0.15) is 18.2 Å². The molecule has 1 aromatic carbocycles. The van der Waals surface area contributed by atoms with Crippen LogP contribution in [0.4, 0.5) is 0 Å². The van der Waals surface area contributed by atoms with Crippen molar-refractivity contribution in [2.75, 3.05) is 6.61 Å².